The topological polar surface area (TPSA) is 67.5 Å². The van der Waals surface area contributed by atoms with Crippen LogP contribution in [0.2, 0.25) is 0 Å². The van der Waals surface area contributed by atoms with Gasteiger partial charge in [0.2, 0.25) is 0 Å². The molecule has 2 atom stereocenters. The van der Waals surface area contributed by atoms with Crippen molar-refractivity contribution in [3.63, 3.8) is 0 Å². The van der Waals surface area contributed by atoms with E-state index in [9.17, 15) is 5.11 Å². The minimum atomic E-state index is -0.820. The molecule has 0 aromatic carbocycles. The summed E-state index contributed by atoms with van der Waals surface area (Å²) < 4.78 is 5.17. The predicted molar refractivity (Wildman–Crippen MR) is 42.0 cm³/mol. The number of hydrogen-bond donors (Lipinski definition) is 3. The van der Waals surface area contributed by atoms with Crippen LogP contribution >= 0.6 is 0 Å². The number of aliphatic hydroxyl groups is 1. The number of hydrogen-bond acceptors (Lipinski definition) is 4. The second-order valence-electron chi connectivity index (χ2n) is 3.42. The second kappa shape index (κ2) is 3.06. The number of rotatable bonds is 1. The summed E-state index contributed by atoms with van der Waals surface area (Å²) in [6.45, 7) is 4.81. The highest BCUT2D eigenvalue weighted by Gasteiger charge is 2.34. The van der Waals surface area contributed by atoms with Crippen LogP contribution in [0.1, 0.15) is 13.8 Å². The Morgan fingerprint density at radius 3 is 2.64 bits per heavy atom. The maximum absolute atomic E-state index is 9.59. The first-order valence-electron chi connectivity index (χ1n) is 3.85. The summed E-state index contributed by atoms with van der Waals surface area (Å²) in [6, 6.07) is -0.170. The van der Waals surface area contributed by atoms with Crippen LogP contribution in [0.25, 0.3) is 0 Å². The highest BCUT2D eigenvalue weighted by molar-refractivity contribution is 4.89. The van der Waals surface area contributed by atoms with Crippen LogP contribution in [0.15, 0.2) is 0 Å². The van der Waals surface area contributed by atoms with Crippen molar-refractivity contribution in [2.24, 2.45) is 5.73 Å². The predicted octanol–water partition coefficient (Wildman–Crippen LogP) is -0.969. The normalized spacial score (nSPS) is 33.8. The minimum absolute atomic E-state index is 0.170. The first kappa shape index (κ1) is 8.93. The average Bonchev–Trinajstić information content (AvgIpc) is 1.86. The molecule has 0 radical (unpaired) electrons. The van der Waals surface area contributed by atoms with E-state index in [1.807, 2.05) is 0 Å². The molecule has 0 aromatic heterocycles. The Balaban J connectivity index is 2.55. The minimum Gasteiger partial charge on any atom is -0.389 e. The Kier molecular flexibility index (Phi) is 2.49. The van der Waals surface area contributed by atoms with Crippen LogP contribution in [0.3, 0.4) is 0 Å². The first-order chi connectivity index (χ1) is 5.02. The first-order valence-corrected chi connectivity index (χ1v) is 3.85. The van der Waals surface area contributed by atoms with Gasteiger partial charge in [0, 0.05) is 6.54 Å². The summed E-state index contributed by atoms with van der Waals surface area (Å²) in [5, 5.41) is 12.7. The van der Waals surface area contributed by atoms with E-state index in [0.717, 1.165) is 6.54 Å². The van der Waals surface area contributed by atoms with Crippen molar-refractivity contribution < 1.29 is 9.84 Å². The van der Waals surface area contributed by atoms with E-state index >= 15 is 0 Å². The number of ether oxygens (including phenoxy) is 1. The number of nitrogens with one attached hydrogen (secondary N) is 1. The van der Waals surface area contributed by atoms with E-state index in [0.29, 0.717) is 6.61 Å². The molecule has 0 bridgehead atoms. The molecule has 0 saturated carbocycles. The lowest BCUT2D eigenvalue weighted by atomic mass is 9.97. The van der Waals surface area contributed by atoms with Crippen LogP contribution < -0.4 is 11.1 Å². The molecule has 1 aliphatic rings. The molecule has 66 valence electrons. The van der Waals surface area contributed by atoms with Crippen molar-refractivity contribution in [1.29, 1.82) is 0 Å². The number of morpholine rings is 1. The van der Waals surface area contributed by atoms with Gasteiger partial charge in [0.05, 0.1) is 18.2 Å². The van der Waals surface area contributed by atoms with Gasteiger partial charge in [-0.3, -0.25) is 0 Å². The van der Waals surface area contributed by atoms with Crippen LogP contribution in [0, 0.1) is 0 Å². The van der Waals surface area contributed by atoms with Gasteiger partial charge in [-0.2, -0.15) is 0 Å². The van der Waals surface area contributed by atoms with Gasteiger partial charge in [0.15, 0.2) is 0 Å². The van der Waals surface area contributed by atoms with Crippen molar-refractivity contribution in [2.75, 3.05) is 13.2 Å². The Morgan fingerprint density at radius 2 is 2.27 bits per heavy atom. The molecular formula is C7H16N2O2. The van der Waals surface area contributed by atoms with E-state index in [1.165, 1.54) is 0 Å². The highest BCUT2D eigenvalue weighted by atomic mass is 16.5. The summed E-state index contributed by atoms with van der Waals surface area (Å²) in [5.74, 6) is 0. The summed E-state index contributed by atoms with van der Waals surface area (Å²) in [5.41, 5.74) is 4.80. The molecule has 2 unspecified atom stereocenters. The van der Waals surface area contributed by atoms with Crippen molar-refractivity contribution in [3.8, 4) is 0 Å². The van der Waals surface area contributed by atoms with Gasteiger partial charge in [-0.15, -0.1) is 0 Å². The summed E-state index contributed by atoms with van der Waals surface area (Å²) in [6.07, 6.45) is -0.399. The molecule has 0 spiro atoms. The zero-order valence-electron chi connectivity index (χ0n) is 7.00. The number of nitrogens with two attached hydrogens (primary N) is 1. The fraction of sp³-hybridized carbons (Fsp3) is 1.00. The largest absolute Gasteiger partial charge is 0.389 e. The van der Waals surface area contributed by atoms with Crippen LogP contribution in [0.5, 0.6) is 0 Å². The van der Waals surface area contributed by atoms with E-state index in [-0.39, 0.29) is 6.04 Å². The molecule has 1 heterocycles. The van der Waals surface area contributed by atoms with Crippen molar-refractivity contribution in [1.82, 2.24) is 5.32 Å². The van der Waals surface area contributed by atoms with E-state index in [2.05, 4.69) is 5.32 Å². The zero-order valence-corrected chi connectivity index (χ0v) is 7.00. The Labute approximate surface area is 66.7 Å². The fourth-order valence-corrected chi connectivity index (χ4v) is 1.27. The highest BCUT2D eigenvalue weighted by Crippen LogP contribution is 2.13. The Hall–Kier alpha value is -0.160. The van der Waals surface area contributed by atoms with Crippen molar-refractivity contribution in [2.45, 2.75) is 31.7 Å². The van der Waals surface area contributed by atoms with Gasteiger partial charge in [0.1, 0.15) is 6.23 Å². The maximum Gasteiger partial charge on any atom is 0.123 e. The third-order valence-electron chi connectivity index (χ3n) is 1.87. The molecule has 0 aliphatic carbocycles. The SMILES string of the molecule is CC(C)(O)C1NCCOC1N. The van der Waals surface area contributed by atoms with E-state index < -0.39 is 11.8 Å². The molecular weight excluding hydrogens is 144 g/mol. The summed E-state index contributed by atoms with van der Waals surface area (Å²) >= 11 is 0. The third-order valence-corrected chi connectivity index (χ3v) is 1.87. The molecule has 0 amide bonds. The molecule has 1 rings (SSSR count). The van der Waals surface area contributed by atoms with E-state index in [1.54, 1.807) is 13.8 Å². The van der Waals surface area contributed by atoms with Crippen LogP contribution in [0.4, 0.5) is 0 Å². The lowest BCUT2D eigenvalue weighted by Crippen LogP contribution is -2.61. The average molecular weight is 160 g/mol. The lowest BCUT2D eigenvalue weighted by Gasteiger charge is -2.37. The summed E-state index contributed by atoms with van der Waals surface area (Å²) in [4.78, 5) is 0. The molecule has 1 fully saturated rings. The molecule has 4 heteroatoms. The molecule has 4 nitrogen and oxygen atoms in total. The smallest absolute Gasteiger partial charge is 0.123 e. The van der Waals surface area contributed by atoms with Gasteiger partial charge in [-0.05, 0) is 13.8 Å². The van der Waals surface area contributed by atoms with Gasteiger partial charge in [-0.1, -0.05) is 0 Å². The molecule has 0 aromatic rings. The second-order valence-corrected chi connectivity index (χ2v) is 3.42. The van der Waals surface area contributed by atoms with Gasteiger partial charge < -0.3 is 20.9 Å². The van der Waals surface area contributed by atoms with E-state index in [4.69, 9.17) is 10.5 Å². The van der Waals surface area contributed by atoms with Gasteiger partial charge in [0.25, 0.3) is 0 Å². The molecule has 4 N–H and O–H groups in total. The van der Waals surface area contributed by atoms with Gasteiger partial charge in [-0.25, -0.2) is 0 Å². The van der Waals surface area contributed by atoms with Gasteiger partial charge >= 0.3 is 0 Å². The maximum atomic E-state index is 9.59. The zero-order chi connectivity index (χ0) is 8.48. The Morgan fingerprint density at radius 1 is 1.64 bits per heavy atom. The van der Waals surface area contributed by atoms with Crippen LogP contribution in [-0.4, -0.2) is 36.1 Å². The third kappa shape index (κ3) is 2.13. The molecule has 11 heavy (non-hydrogen) atoms. The standard InChI is InChI=1S/C7H16N2O2/c1-7(2,10)5-6(8)11-4-3-9-5/h5-6,9-10H,3-4,8H2,1-2H3. The molecule has 1 saturated heterocycles. The van der Waals surface area contributed by atoms with Crippen LogP contribution in [-0.2, 0) is 4.74 Å². The van der Waals surface area contributed by atoms with Crippen molar-refractivity contribution in [3.05, 3.63) is 0 Å². The monoisotopic (exact) mass is 160 g/mol. The van der Waals surface area contributed by atoms with Crippen molar-refractivity contribution >= 4 is 0 Å². The molecule has 1 aliphatic heterocycles. The summed E-state index contributed by atoms with van der Waals surface area (Å²) in [7, 11) is 0. The quantitative estimate of drug-likeness (QED) is 0.462. The fourth-order valence-electron chi connectivity index (χ4n) is 1.27. The Bertz CT molecular complexity index is 133. The lowest BCUT2D eigenvalue weighted by molar-refractivity contribution is -0.0748.